The first-order valence-electron chi connectivity index (χ1n) is 8.19. The summed E-state index contributed by atoms with van der Waals surface area (Å²) in [4.78, 5) is 27.7. The highest BCUT2D eigenvalue weighted by Gasteiger charge is 2.07. The highest BCUT2D eigenvalue weighted by molar-refractivity contribution is 7.99. The van der Waals surface area contributed by atoms with E-state index in [2.05, 4.69) is 16.4 Å². The molecule has 1 amide bonds. The number of hydrogen-bond acceptors (Lipinski definition) is 3. The summed E-state index contributed by atoms with van der Waals surface area (Å²) < 4.78 is 0. The third-order valence-electron chi connectivity index (χ3n) is 3.95. The largest absolute Gasteiger partial charge is 0.357 e. The Labute approximate surface area is 161 Å². The molecule has 3 aromatic rings. The third kappa shape index (κ3) is 4.48. The highest BCUT2D eigenvalue weighted by Crippen LogP contribution is 2.19. The van der Waals surface area contributed by atoms with E-state index >= 15 is 0 Å². The smallest absolute Gasteiger partial charge is 0.234 e. The molecule has 0 aliphatic rings. The average molecular weight is 387 g/mol. The van der Waals surface area contributed by atoms with Gasteiger partial charge in [-0.05, 0) is 55.3 Å². The van der Waals surface area contributed by atoms with Gasteiger partial charge in [0.05, 0.1) is 11.3 Å². The molecule has 0 saturated carbocycles. The number of hydrogen-bond donors (Lipinski definition) is 2. The number of aromatic amines is 1. The molecule has 2 aromatic carbocycles. The first-order valence-corrected chi connectivity index (χ1v) is 9.72. The maximum atomic E-state index is 12.4. The second-order valence-corrected chi connectivity index (χ2v) is 7.63. The number of benzene rings is 2. The molecule has 0 saturated heterocycles. The van der Waals surface area contributed by atoms with Gasteiger partial charge in [-0.3, -0.25) is 9.59 Å². The van der Waals surface area contributed by atoms with E-state index in [0.717, 1.165) is 22.3 Å². The molecular formula is C20H19ClN2O2S. The van der Waals surface area contributed by atoms with Crippen molar-refractivity contribution in [3.63, 3.8) is 0 Å². The summed E-state index contributed by atoms with van der Waals surface area (Å²) in [5, 5.41) is 4.15. The maximum absolute atomic E-state index is 12.4. The highest BCUT2D eigenvalue weighted by atomic mass is 35.5. The number of H-pyrrole nitrogens is 1. The van der Waals surface area contributed by atoms with Crippen LogP contribution in [0.4, 0.5) is 5.69 Å². The van der Waals surface area contributed by atoms with Crippen LogP contribution in [0.25, 0.3) is 10.9 Å². The van der Waals surface area contributed by atoms with Crippen molar-refractivity contribution in [1.29, 1.82) is 0 Å². The van der Waals surface area contributed by atoms with Gasteiger partial charge < -0.3 is 10.3 Å². The van der Waals surface area contributed by atoms with Crippen molar-refractivity contribution >= 4 is 45.9 Å². The lowest BCUT2D eigenvalue weighted by molar-refractivity contribution is -0.113. The van der Waals surface area contributed by atoms with Crippen LogP contribution in [0.1, 0.15) is 16.8 Å². The molecule has 134 valence electrons. The molecule has 1 heterocycles. The first kappa shape index (κ1) is 18.5. The van der Waals surface area contributed by atoms with E-state index in [1.165, 1.54) is 11.8 Å². The number of amides is 1. The van der Waals surface area contributed by atoms with Gasteiger partial charge in [0, 0.05) is 33.6 Å². The molecule has 6 heteroatoms. The molecular weight excluding hydrogens is 368 g/mol. The second kappa shape index (κ2) is 7.98. The van der Waals surface area contributed by atoms with Gasteiger partial charge in [-0.25, -0.2) is 0 Å². The second-order valence-electron chi connectivity index (χ2n) is 6.21. The van der Waals surface area contributed by atoms with E-state index in [9.17, 15) is 9.59 Å². The van der Waals surface area contributed by atoms with Crippen LogP contribution in [0.2, 0.25) is 5.02 Å². The Kier molecular flexibility index (Phi) is 5.69. The zero-order valence-electron chi connectivity index (χ0n) is 14.6. The molecule has 0 aliphatic heterocycles. The molecule has 0 unspecified atom stereocenters. The van der Waals surface area contributed by atoms with Crippen LogP contribution in [-0.4, -0.2) is 16.6 Å². The van der Waals surface area contributed by atoms with Crippen LogP contribution in [0, 0.1) is 13.8 Å². The van der Waals surface area contributed by atoms with Crippen molar-refractivity contribution in [2.45, 2.75) is 19.6 Å². The predicted molar refractivity (Wildman–Crippen MR) is 110 cm³/mol. The average Bonchev–Trinajstić information content (AvgIpc) is 2.58. The van der Waals surface area contributed by atoms with Gasteiger partial charge in [0.2, 0.25) is 5.91 Å². The van der Waals surface area contributed by atoms with Gasteiger partial charge in [-0.2, -0.15) is 0 Å². The van der Waals surface area contributed by atoms with Crippen molar-refractivity contribution in [2.75, 3.05) is 11.1 Å². The van der Waals surface area contributed by atoms with Crippen molar-refractivity contribution in [3.05, 3.63) is 74.5 Å². The number of fused-ring (bicyclic) bond motifs is 1. The molecule has 0 atom stereocenters. The van der Waals surface area contributed by atoms with Crippen molar-refractivity contribution < 1.29 is 4.79 Å². The van der Waals surface area contributed by atoms with E-state index in [-0.39, 0.29) is 11.3 Å². The summed E-state index contributed by atoms with van der Waals surface area (Å²) in [5.74, 6) is 0.773. The normalized spacial score (nSPS) is 10.9. The number of nitrogens with one attached hydrogen (secondary N) is 2. The van der Waals surface area contributed by atoms with Gasteiger partial charge in [-0.15, -0.1) is 11.8 Å². The standard InChI is InChI=1S/C20H19ClN2O2S/c1-12-7-13(2)20-17(8-12)18(24)9-16(23-20)10-26-11-19(25)22-15-5-3-14(21)4-6-15/h3-9H,10-11H2,1-2H3,(H,22,25)(H,23,24). The van der Waals surface area contributed by atoms with E-state index < -0.39 is 0 Å². The molecule has 0 spiro atoms. The first-order chi connectivity index (χ1) is 12.4. The lowest BCUT2D eigenvalue weighted by Gasteiger charge is -2.08. The lowest BCUT2D eigenvalue weighted by Crippen LogP contribution is -2.14. The maximum Gasteiger partial charge on any atom is 0.234 e. The van der Waals surface area contributed by atoms with Crippen molar-refractivity contribution in [2.24, 2.45) is 0 Å². The Morgan fingerprint density at radius 1 is 1.15 bits per heavy atom. The zero-order chi connectivity index (χ0) is 18.7. The number of pyridine rings is 1. The monoisotopic (exact) mass is 386 g/mol. The van der Waals surface area contributed by atoms with Gasteiger partial charge >= 0.3 is 0 Å². The molecule has 26 heavy (non-hydrogen) atoms. The Balaban J connectivity index is 1.63. The summed E-state index contributed by atoms with van der Waals surface area (Å²) in [6.07, 6.45) is 0. The van der Waals surface area contributed by atoms with Crippen LogP contribution in [0.3, 0.4) is 0 Å². The molecule has 0 fully saturated rings. The minimum absolute atomic E-state index is 0.00626. The van der Waals surface area contributed by atoms with E-state index in [4.69, 9.17) is 11.6 Å². The topological polar surface area (TPSA) is 62.0 Å². The Bertz CT molecular complexity index is 1010. The van der Waals surface area contributed by atoms with Crippen LogP contribution in [0.15, 0.2) is 47.3 Å². The Hall–Kier alpha value is -2.24. The number of halogens is 1. The third-order valence-corrected chi connectivity index (χ3v) is 5.19. The van der Waals surface area contributed by atoms with E-state index in [0.29, 0.717) is 27.6 Å². The van der Waals surface area contributed by atoms with E-state index in [1.54, 1.807) is 30.3 Å². The predicted octanol–water partition coefficient (Wildman–Crippen LogP) is 4.67. The van der Waals surface area contributed by atoms with Crippen LogP contribution < -0.4 is 10.7 Å². The molecule has 0 aliphatic carbocycles. The minimum atomic E-state index is -0.0905. The summed E-state index contributed by atoms with van der Waals surface area (Å²) in [5.41, 5.74) is 4.52. The number of aryl methyl sites for hydroxylation is 2. The Morgan fingerprint density at radius 3 is 2.62 bits per heavy atom. The number of rotatable bonds is 5. The number of anilines is 1. The fourth-order valence-electron chi connectivity index (χ4n) is 2.82. The fraction of sp³-hybridized carbons (Fsp3) is 0.200. The van der Waals surface area contributed by atoms with Crippen LogP contribution in [0.5, 0.6) is 0 Å². The molecule has 0 radical (unpaired) electrons. The van der Waals surface area contributed by atoms with Crippen molar-refractivity contribution in [1.82, 2.24) is 4.98 Å². The zero-order valence-corrected chi connectivity index (χ0v) is 16.1. The SMILES string of the molecule is Cc1cc(C)c2[nH]c(CSCC(=O)Nc3ccc(Cl)cc3)cc(=O)c2c1. The summed E-state index contributed by atoms with van der Waals surface area (Å²) in [6.45, 7) is 3.97. The van der Waals surface area contributed by atoms with Crippen LogP contribution >= 0.6 is 23.4 Å². The van der Waals surface area contributed by atoms with Gasteiger partial charge in [-0.1, -0.05) is 17.7 Å². The number of carbonyl (C=O) groups excluding carboxylic acids is 1. The van der Waals surface area contributed by atoms with Gasteiger partial charge in [0.25, 0.3) is 0 Å². The Morgan fingerprint density at radius 2 is 1.88 bits per heavy atom. The van der Waals surface area contributed by atoms with E-state index in [1.807, 2.05) is 19.9 Å². The molecule has 0 bridgehead atoms. The minimum Gasteiger partial charge on any atom is -0.357 e. The van der Waals surface area contributed by atoms with Gasteiger partial charge in [0.15, 0.2) is 5.43 Å². The quantitative estimate of drug-likeness (QED) is 0.669. The van der Waals surface area contributed by atoms with Gasteiger partial charge in [0.1, 0.15) is 0 Å². The summed E-state index contributed by atoms with van der Waals surface area (Å²) in [6, 6.07) is 12.5. The molecule has 3 rings (SSSR count). The number of aromatic nitrogens is 1. The number of thioether (sulfide) groups is 1. The summed E-state index contributed by atoms with van der Waals surface area (Å²) >= 11 is 7.28. The lowest BCUT2D eigenvalue weighted by atomic mass is 10.1. The summed E-state index contributed by atoms with van der Waals surface area (Å²) in [7, 11) is 0. The number of carbonyl (C=O) groups is 1. The molecule has 4 nitrogen and oxygen atoms in total. The fourth-order valence-corrected chi connectivity index (χ4v) is 3.68. The van der Waals surface area contributed by atoms with Crippen molar-refractivity contribution in [3.8, 4) is 0 Å². The van der Waals surface area contributed by atoms with Crippen LogP contribution in [-0.2, 0) is 10.5 Å². The molecule has 1 aromatic heterocycles. The molecule has 2 N–H and O–H groups in total.